The largest absolute Gasteiger partial charge is 0.348 e. The molecule has 0 spiro atoms. The third kappa shape index (κ3) is 4.75. The summed E-state index contributed by atoms with van der Waals surface area (Å²) >= 11 is 3.41. The van der Waals surface area contributed by atoms with Gasteiger partial charge in [0.25, 0.3) is 0 Å². The van der Waals surface area contributed by atoms with Gasteiger partial charge in [0.05, 0.1) is 18.0 Å². The highest BCUT2D eigenvalue weighted by atomic mass is 79.9. The molecule has 0 saturated heterocycles. The monoisotopic (exact) mass is 464 g/mol. The Morgan fingerprint density at radius 3 is 2.57 bits per heavy atom. The maximum atomic E-state index is 12.6. The van der Waals surface area contributed by atoms with Gasteiger partial charge in [0, 0.05) is 4.47 Å². The molecule has 0 bridgehead atoms. The fourth-order valence-corrected chi connectivity index (χ4v) is 4.64. The van der Waals surface area contributed by atoms with Crippen molar-refractivity contribution in [2.45, 2.75) is 39.2 Å². The molecule has 2 aromatic rings. The molecule has 1 N–H and O–H groups in total. The van der Waals surface area contributed by atoms with Crippen LogP contribution in [-0.4, -0.2) is 27.1 Å². The molecular formula is C21H25BrN2O3S. The van der Waals surface area contributed by atoms with Crippen LogP contribution in [-0.2, 0) is 27.7 Å². The third-order valence-electron chi connectivity index (χ3n) is 5.12. The quantitative estimate of drug-likeness (QED) is 0.704. The minimum Gasteiger partial charge on any atom is -0.348 e. The Kier molecular flexibility index (Phi) is 6.15. The van der Waals surface area contributed by atoms with Gasteiger partial charge in [0.2, 0.25) is 15.9 Å². The first-order valence-electron chi connectivity index (χ1n) is 9.30. The Morgan fingerprint density at radius 1 is 1.18 bits per heavy atom. The fourth-order valence-electron chi connectivity index (χ4n) is 3.55. The number of aryl methyl sites for hydroxylation is 3. The third-order valence-corrected chi connectivity index (χ3v) is 7.15. The number of sulfonamides is 1. The number of halogens is 1. The summed E-state index contributed by atoms with van der Waals surface area (Å²) in [5, 5.41) is 2.93. The van der Waals surface area contributed by atoms with Crippen molar-refractivity contribution in [2.75, 3.05) is 17.1 Å². The van der Waals surface area contributed by atoms with Crippen molar-refractivity contribution in [3.8, 4) is 0 Å². The van der Waals surface area contributed by atoms with Gasteiger partial charge in [0.1, 0.15) is 6.54 Å². The highest BCUT2D eigenvalue weighted by molar-refractivity contribution is 9.10. The second-order valence-electron chi connectivity index (χ2n) is 7.37. The molecule has 28 heavy (non-hydrogen) atoms. The predicted molar refractivity (Wildman–Crippen MR) is 116 cm³/mol. The summed E-state index contributed by atoms with van der Waals surface area (Å²) < 4.78 is 26.6. The maximum Gasteiger partial charge on any atom is 0.241 e. The molecule has 1 amide bonds. The Morgan fingerprint density at radius 2 is 1.89 bits per heavy atom. The van der Waals surface area contributed by atoms with Crippen molar-refractivity contribution in [3.05, 3.63) is 63.1 Å². The maximum absolute atomic E-state index is 12.6. The summed E-state index contributed by atoms with van der Waals surface area (Å²) in [6.07, 6.45) is 4.48. The number of rotatable bonds is 6. The van der Waals surface area contributed by atoms with Crippen molar-refractivity contribution >= 4 is 37.5 Å². The first-order chi connectivity index (χ1) is 13.1. The minimum atomic E-state index is -3.59. The SMILES string of the molecule is Cc1cc(N(CC(=O)N[C@H](C)c2ccc3c(c2)CCC3)S(C)(=O)=O)ccc1Br. The van der Waals surface area contributed by atoms with E-state index in [1.54, 1.807) is 18.2 Å². The number of nitrogens with one attached hydrogen (secondary N) is 1. The van der Waals surface area contributed by atoms with E-state index in [2.05, 4.69) is 33.4 Å². The van der Waals surface area contributed by atoms with Crippen molar-refractivity contribution < 1.29 is 13.2 Å². The van der Waals surface area contributed by atoms with E-state index in [4.69, 9.17) is 0 Å². The van der Waals surface area contributed by atoms with Crippen LogP contribution in [0, 0.1) is 6.92 Å². The summed E-state index contributed by atoms with van der Waals surface area (Å²) in [6, 6.07) is 11.4. The van der Waals surface area contributed by atoms with Crippen LogP contribution in [0.1, 0.15) is 41.6 Å². The van der Waals surface area contributed by atoms with Gasteiger partial charge in [-0.1, -0.05) is 34.1 Å². The van der Waals surface area contributed by atoms with Crippen LogP contribution in [0.15, 0.2) is 40.9 Å². The van der Waals surface area contributed by atoms with E-state index in [-0.39, 0.29) is 18.5 Å². The highest BCUT2D eigenvalue weighted by Gasteiger charge is 2.23. The van der Waals surface area contributed by atoms with Gasteiger partial charge in [-0.2, -0.15) is 0 Å². The van der Waals surface area contributed by atoms with Crippen LogP contribution in [0.2, 0.25) is 0 Å². The molecule has 0 aromatic heterocycles. The number of fused-ring (bicyclic) bond motifs is 1. The molecule has 0 radical (unpaired) electrons. The van der Waals surface area contributed by atoms with Gasteiger partial charge in [-0.25, -0.2) is 8.42 Å². The number of benzene rings is 2. The molecule has 2 aromatic carbocycles. The van der Waals surface area contributed by atoms with Gasteiger partial charge < -0.3 is 5.32 Å². The molecule has 0 heterocycles. The summed E-state index contributed by atoms with van der Waals surface area (Å²) in [7, 11) is -3.59. The van der Waals surface area contributed by atoms with Crippen LogP contribution in [0.3, 0.4) is 0 Å². The minimum absolute atomic E-state index is 0.188. The van der Waals surface area contributed by atoms with E-state index in [1.165, 1.54) is 17.5 Å². The zero-order chi connectivity index (χ0) is 20.5. The van der Waals surface area contributed by atoms with Crippen molar-refractivity contribution in [1.29, 1.82) is 0 Å². The first-order valence-corrected chi connectivity index (χ1v) is 11.9. The summed E-state index contributed by atoms with van der Waals surface area (Å²) in [5.74, 6) is -0.334. The number of anilines is 1. The molecule has 0 fully saturated rings. The number of amides is 1. The molecular weight excluding hydrogens is 440 g/mol. The van der Waals surface area contributed by atoms with Crippen LogP contribution < -0.4 is 9.62 Å². The standard InChI is InChI=1S/C21H25BrN2O3S/c1-14-11-19(9-10-20(14)22)24(28(3,26)27)13-21(25)23-15(2)17-8-7-16-5-4-6-18(16)12-17/h7-12,15H,4-6,13H2,1-3H3,(H,23,25)/t15-/m1/s1. The van der Waals surface area contributed by atoms with E-state index in [0.29, 0.717) is 5.69 Å². The Balaban J connectivity index is 1.74. The lowest BCUT2D eigenvalue weighted by Crippen LogP contribution is -2.41. The number of nitrogens with zero attached hydrogens (tertiary/aromatic N) is 1. The summed E-state index contributed by atoms with van der Waals surface area (Å²) in [5.41, 5.74) is 5.15. The molecule has 1 aliphatic rings. The molecule has 3 rings (SSSR count). The lowest BCUT2D eigenvalue weighted by molar-refractivity contribution is -0.120. The predicted octanol–water partition coefficient (Wildman–Crippen LogP) is 3.89. The van der Waals surface area contributed by atoms with Crippen LogP contribution in [0.5, 0.6) is 0 Å². The second kappa shape index (κ2) is 8.25. The Labute approximate surface area is 175 Å². The molecule has 7 heteroatoms. The molecule has 1 aliphatic carbocycles. The molecule has 0 saturated carbocycles. The van der Waals surface area contributed by atoms with Crippen LogP contribution in [0.4, 0.5) is 5.69 Å². The van der Waals surface area contributed by atoms with E-state index in [0.717, 1.165) is 39.0 Å². The van der Waals surface area contributed by atoms with Crippen LogP contribution >= 0.6 is 15.9 Å². The van der Waals surface area contributed by atoms with E-state index < -0.39 is 10.0 Å². The highest BCUT2D eigenvalue weighted by Crippen LogP contribution is 2.26. The number of hydrogen-bond donors (Lipinski definition) is 1. The normalized spacial score (nSPS) is 14.4. The summed E-state index contributed by atoms with van der Waals surface area (Å²) in [4.78, 5) is 12.6. The summed E-state index contributed by atoms with van der Waals surface area (Å²) in [6.45, 7) is 3.54. The number of hydrogen-bond acceptors (Lipinski definition) is 3. The number of carbonyl (C=O) groups excluding carboxylic acids is 1. The van der Waals surface area contributed by atoms with Gasteiger partial charge in [-0.05, 0) is 73.6 Å². The zero-order valence-electron chi connectivity index (χ0n) is 16.3. The lowest BCUT2D eigenvalue weighted by Gasteiger charge is -2.24. The number of carbonyl (C=O) groups is 1. The molecule has 150 valence electrons. The van der Waals surface area contributed by atoms with E-state index >= 15 is 0 Å². The van der Waals surface area contributed by atoms with Crippen LogP contribution in [0.25, 0.3) is 0 Å². The van der Waals surface area contributed by atoms with Gasteiger partial charge in [0.15, 0.2) is 0 Å². The van der Waals surface area contributed by atoms with Crippen molar-refractivity contribution in [1.82, 2.24) is 5.32 Å². The fraction of sp³-hybridized carbons (Fsp3) is 0.381. The zero-order valence-corrected chi connectivity index (χ0v) is 18.7. The molecule has 5 nitrogen and oxygen atoms in total. The molecule has 0 aliphatic heterocycles. The van der Waals surface area contributed by atoms with Crippen molar-refractivity contribution in [3.63, 3.8) is 0 Å². The van der Waals surface area contributed by atoms with Gasteiger partial charge in [-0.15, -0.1) is 0 Å². The first kappa shape index (κ1) is 20.9. The lowest BCUT2D eigenvalue weighted by atomic mass is 10.0. The van der Waals surface area contributed by atoms with Gasteiger partial charge >= 0.3 is 0 Å². The second-order valence-corrected chi connectivity index (χ2v) is 10.1. The molecule has 0 unspecified atom stereocenters. The Hall–Kier alpha value is -1.86. The molecule has 1 atom stereocenters. The van der Waals surface area contributed by atoms with E-state index in [9.17, 15) is 13.2 Å². The van der Waals surface area contributed by atoms with Crippen molar-refractivity contribution in [2.24, 2.45) is 0 Å². The Bertz CT molecular complexity index is 1000. The topological polar surface area (TPSA) is 66.5 Å². The van der Waals surface area contributed by atoms with E-state index in [1.807, 2.05) is 19.9 Å². The average Bonchev–Trinajstić information content (AvgIpc) is 3.09. The van der Waals surface area contributed by atoms with Gasteiger partial charge in [-0.3, -0.25) is 9.10 Å². The average molecular weight is 465 g/mol. The smallest absolute Gasteiger partial charge is 0.241 e.